The van der Waals surface area contributed by atoms with Gasteiger partial charge in [-0.15, -0.1) is 11.3 Å². The highest BCUT2D eigenvalue weighted by Crippen LogP contribution is 2.21. The lowest BCUT2D eigenvalue weighted by Gasteiger charge is -2.06. The lowest BCUT2D eigenvalue weighted by molar-refractivity contribution is 0.182. The molecular weight excluding hydrogens is 174 g/mol. The Balaban J connectivity index is 2.77. The third-order valence-corrected chi connectivity index (χ3v) is 2.48. The van der Waals surface area contributed by atoms with Crippen molar-refractivity contribution < 1.29 is 5.11 Å². The summed E-state index contributed by atoms with van der Waals surface area (Å²) in [5.41, 5.74) is 5.95. The number of aliphatic hydroxyl groups is 1. The van der Waals surface area contributed by atoms with Crippen molar-refractivity contribution in [2.75, 3.05) is 25.5 Å². The van der Waals surface area contributed by atoms with E-state index in [0.717, 1.165) is 5.13 Å². The summed E-state index contributed by atoms with van der Waals surface area (Å²) >= 11 is 1.50. The van der Waals surface area contributed by atoms with Crippen molar-refractivity contribution in [3.05, 3.63) is 11.1 Å². The van der Waals surface area contributed by atoms with E-state index >= 15 is 0 Å². The summed E-state index contributed by atoms with van der Waals surface area (Å²) in [7, 11) is 3.83. The van der Waals surface area contributed by atoms with Gasteiger partial charge in [0.1, 0.15) is 6.10 Å². The van der Waals surface area contributed by atoms with Crippen LogP contribution in [-0.4, -0.2) is 30.7 Å². The van der Waals surface area contributed by atoms with Gasteiger partial charge in [-0.2, -0.15) is 0 Å². The molecule has 0 fully saturated rings. The number of hydrogen-bond donors (Lipinski definition) is 2. The second-order valence-electron chi connectivity index (χ2n) is 2.70. The van der Waals surface area contributed by atoms with Crippen LogP contribution in [0.1, 0.15) is 11.8 Å². The minimum Gasteiger partial charge on any atom is -0.385 e. The second kappa shape index (κ2) is 3.84. The van der Waals surface area contributed by atoms with Crippen molar-refractivity contribution in [2.24, 2.45) is 5.73 Å². The van der Waals surface area contributed by atoms with Crippen LogP contribution < -0.4 is 10.6 Å². The molecule has 3 N–H and O–H groups in total. The van der Waals surface area contributed by atoms with Gasteiger partial charge in [-0.3, -0.25) is 0 Å². The fraction of sp³-hybridized carbons (Fsp3) is 0.571. The summed E-state index contributed by atoms with van der Waals surface area (Å²) in [6.07, 6.45) is -0.630. The van der Waals surface area contributed by atoms with E-state index in [-0.39, 0.29) is 6.54 Å². The van der Waals surface area contributed by atoms with Crippen molar-refractivity contribution in [1.29, 1.82) is 0 Å². The van der Waals surface area contributed by atoms with Gasteiger partial charge in [0.05, 0.1) is 5.69 Å². The molecule has 4 nitrogen and oxygen atoms in total. The predicted molar refractivity (Wildman–Crippen MR) is 50.5 cm³/mol. The standard InChI is InChI=1S/C7H13N3OS/c1-10(2)7-9-5(4-12-7)6(11)3-8/h4,6,11H,3,8H2,1-2H3. The van der Waals surface area contributed by atoms with Crippen LogP contribution in [0, 0.1) is 0 Å². The Labute approximate surface area is 75.6 Å². The highest BCUT2D eigenvalue weighted by atomic mass is 32.1. The number of nitrogens with two attached hydrogens (primary N) is 1. The van der Waals surface area contributed by atoms with Gasteiger partial charge in [-0.25, -0.2) is 4.98 Å². The highest BCUT2D eigenvalue weighted by molar-refractivity contribution is 7.13. The third kappa shape index (κ3) is 1.94. The molecule has 0 aromatic carbocycles. The molecule has 0 aliphatic heterocycles. The molecule has 12 heavy (non-hydrogen) atoms. The summed E-state index contributed by atoms with van der Waals surface area (Å²) in [6, 6.07) is 0. The fourth-order valence-electron chi connectivity index (χ4n) is 0.755. The normalized spacial score (nSPS) is 13.0. The van der Waals surface area contributed by atoms with Crippen molar-refractivity contribution in [3.8, 4) is 0 Å². The maximum absolute atomic E-state index is 9.33. The molecule has 0 saturated heterocycles. The predicted octanol–water partition coefficient (Wildman–Crippen LogP) is 0.201. The van der Waals surface area contributed by atoms with Crippen molar-refractivity contribution in [3.63, 3.8) is 0 Å². The molecule has 0 amide bonds. The number of rotatable bonds is 3. The Morgan fingerprint density at radius 3 is 2.83 bits per heavy atom. The van der Waals surface area contributed by atoms with E-state index in [9.17, 15) is 5.11 Å². The van der Waals surface area contributed by atoms with Gasteiger partial charge in [-0.1, -0.05) is 0 Å². The van der Waals surface area contributed by atoms with E-state index in [0.29, 0.717) is 5.69 Å². The average Bonchev–Trinajstić information content (AvgIpc) is 2.51. The van der Waals surface area contributed by atoms with E-state index in [1.165, 1.54) is 11.3 Å². The van der Waals surface area contributed by atoms with E-state index < -0.39 is 6.10 Å². The van der Waals surface area contributed by atoms with Crippen LogP contribution in [0.2, 0.25) is 0 Å². The lowest BCUT2D eigenvalue weighted by Crippen LogP contribution is -2.13. The Morgan fingerprint density at radius 2 is 2.42 bits per heavy atom. The summed E-state index contributed by atoms with van der Waals surface area (Å²) in [4.78, 5) is 6.10. The Bertz CT molecular complexity index is 249. The molecule has 0 radical (unpaired) electrons. The molecule has 0 bridgehead atoms. The molecule has 0 aliphatic carbocycles. The number of anilines is 1. The minimum atomic E-state index is -0.630. The maximum Gasteiger partial charge on any atom is 0.185 e. The second-order valence-corrected chi connectivity index (χ2v) is 3.54. The fourth-order valence-corrected chi connectivity index (χ4v) is 1.56. The zero-order valence-electron chi connectivity index (χ0n) is 7.19. The molecule has 1 rings (SSSR count). The maximum atomic E-state index is 9.33. The van der Waals surface area contributed by atoms with Crippen LogP contribution in [0.25, 0.3) is 0 Å². The zero-order valence-corrected chi connectivity index (χ0v) is 8.01. The van der Waals surface area contributed by atoms with Crippen LogP contribution in [0.5, 0.6) is 0 Å². The summed E-state index contributed by atoms with van der Waals surface area (Å²) in [5, 5.41) is 12.0. The Kier molecular flexibility index (Phi) is 3.02. The quantitative estimate of drug-likeness (QED) is 0.709. The summed E-state index contributed by atoms with van der Waals surface area (Å²) in [5.74, 6) is 0. The Morgan fingerprint density at radius 1 is 1.75 bits per heavy atom. The minimum absolute atomic E-state index is 0.219. The first-order valence-electron chi connectivity index (χ1n) is 3.66. The SMILES string of the molecule is CN(C)c1nc(C(O)CN)cs1. The average molecular weight is 187 g/mol. The van der Waals surface area contributed by atoms with E-state index in [4.69, 9.17) is 5.73 Å². The molecular formula is C7H13N3OS. The molecule has 0 spiro atoms. The topological polar surface area (TPSA) is 62.4 Å². The molecule has 0 saturated carbocycles. The zero-order chi connectivity index (χ0) is 9.14. The molecule has 1 aromatic rings. The first kappa shape index (κ1) is 9.44. The van der Waals surface area contributed by atoms with Crippen molar-refractivity contribution in [2.45, 2.75) is 6.10 Å². The van der Waals surface area contributed by atoms with Gasteiger partial charge in [0.2, 0.25) is 0 Å². The van der Waals surface area contributed by atoms with Gasteiger partial charge >= 0.3 is 0 Å². The highest BCUT2D eigenvalue weighted by Gasteiger charge is 2.10. The van der Waals surface area contributed by atoms with Crippen LogP contribution in [0.4, 0.5) is 5.13 Å². The van der Waals surface area contributed by atoms with Gasteiger partial charge in [0, 0.05) is 26.0 Å². The molecule has 1 aromatic heterocycles. The van der Waals surface area contributed by atoms with Crippen molar-refractivity contribution in [1.82, 2.24) is 4.98 Å². The van der Waals surface area contributed by atoms with E-state index in [1.807, 2.05) is 24.4 Å². The summed E-state index contributed by atoms with van der Waals surface area (Å²) < 4.78 is 0. The first-order chi connectivity index (χ1) is 5.65. The van der Waals surface area contributed by atoms with E-state index in [2.05, 4.69) is 4.98 Å². The molecule has 5 heteroatoms. The van der Waals surface area contributed by atoms with Gasteiger partial charge in [0.25, 0.3) is 0 Å². The smallest absolute Gasteiger partial charge is 0.185 e. The molecule has 1 unspecified atom stereocenters. The lowest BCUT2D eigenvalue weighted by atomic mass is 10.3. The third-order valence-electron chi connectivity index (χ3n) is 1.46. The number of thiazole rings is 1. The number of aliphatic hydroxyl groups excluding tert-OH is 1. The van der Waals surface area contributed by atoms with Gasteiger partial charge in [-0.05, 0) is 0 Å². The van der Waals surface area contributed by atoms with E-state index in [1.54, 1.807) is 0 Å². The van der Waals surface area contributed by atoms with Crippen LogP contribution in [0.15, 0.2) is 5.38 Å². The molecule has 1 atom stereocenters. The first-order valence-corrected chi connectivity index (χ1v) is 4.54. The van der Waals surface area contributed by atoms with Gasteiger partial charge < -0.3 is 15.7 Å². The molecule has 68 valence electrons. The van der Waals surface area contributed by atoms with Gasteiger partial charge in [0.15, 0.2) is 5.13 Å². The van der Waals surface area contributed by atoms with Crippen molar-refractivity contribution >= 4 is 16.5 Å². The summed E-state index contributed by atoms with van der Waals surface area (Å²) in [6.45, 7) is 0.219. The molecule has 0 aliphatic rings. The number of hydrogen-bond acceptors (Lipinski definition) is 5. The largest absolute Gasteiger partial charge is 0.385 e. The number of aromatic nitrogens is 1. The molecule has 1 heterocycles. The Hall–Kier alpha value is -0.650. The number of nitrogens with zero attached hydrogens (tertiary/aromatic N) is 2. The van der Waals surface area contributed by atoms with Crippen LogP contribution in [0.3, 0.4) is 0 Å². The van der Waals surface area contributed by atoms with Crippen LogP contribution in [-0.2, 0) is 0 Å². The monoisotopic (exact) mass is 187 g/mol. The van der Waals surface area contributed by atoms with Crippen LogP contribution >= 0.6 is 11.3 Å².